The molecule has 0 spiro atoms. The van der Waals surface area contributed by atoms with Crippen LogP contribution in [0.15, 0.2) is 11.6 Å². The number of nitrogens with zero attached hydrogens (tertiary/aromatic N) is 3. The molecule has 5 nitrogen and oxygen atoms in total. The van der Waals surface area contributed by atoms with Crippen molar-refractivity contribution >= 4 is 23.0 Å². The predicted molar refractivity (Wildman–Crippen MR) is 113 cm³/mol. The third-order valence-corrected chi connectivity index (χ3v) is 6.24. The first-order valence-corrected chi connectivity index (χ1v) is 10.8. The molecule has 0 aromatic carbocycles. The van der Waals surface area contributed by atoms with Crippen LogP contribution in [0.2, 0.25) is 0 Å². The van der Waals surface area contributed by atoms with Crippen LogP contribution in [0.3, 0.4) is 0 Å². The number of likely N-dealkylation sites (N-methyl/N-ethyl adjacent to an activating group) is 1. The van der Waals surface area contributed by atoms with Gasteiger partial charge in [-0.05, 0) is 30.2 Å². The lowest BCUT2D eigenvalue weighted by atomic mass is 9.75. The Hall–Kier alpha value is -1.95. The minimum atomic E-state index is -0.0352. The molecule has 0 unspecified atom stereocenters. The summed E-state index contributed by atoms with van der Waals surface area (Å²) >= 11 is 1.55. The molecule has 1 aliphatic rings. The highest BCUT2D eigenvalue weighted by molar-refractivity contribution is 7.09. The van der Waals surface area contributed by atoms with Gasteiger partial charge in [-0.2, -0.15) is 0 Å². The first-order chi connectivity index (χ1) is 13.1. The molecule has 1 aliphatic carbocycles. The first kappa shape index (κ1) is 20.8. The van der Waals surface area contributed by atoms with Crippen molar-refractivity contribution in [3.8, 4) is 0 Å². The summed E-state index contributed by atoms with van der Waals surface area (Å²) in [5.74, 6) is 0.689. The molecule has 0 atom stereocenters. The van der Waals surface area contributed by atoms with Crippen LogP contribution in [-0.2, 0) is 30.7 Å². The summed E-state index contributed by atoms with van der Waals surface area (Å²) in [5, 5.41) is 2.84. The van der Waals surface area contributed by atoms with Gasteiger partial charge in [-0.1, -0.05) is 27.7 Å². The average Bonchev–Trinajstić information content (AvgIpc) is 3.16. The zero-order valence-electron chi connectivity index (χ0n) is 17.8. The quantitative estimate of drug-likeness (QED) is 0.726. The van der Waals surface area contributed by atoms with E-state index >= 15 is 0 Å². The first-order valence-electron chi connectivity index (χ1n) is 9.95. The molecule has 2 aromatic heterocycles. The summed E-state index contributed by atoms with van der Waals surface area (Å²) in [5.41, 5.74) is 3.89. The topological polar surface area (TPSA) is 55.2 Å². The molecular formula is C22H31N3O2S. The van der Waals surface area contributed by atoms with E-state index in [-0.39, 0.29) is 23.5 Å². The van der Waals surface area contributed by atoms with Crippen molar-refractivity contribution in [2.24, 2.45) is 11.3 Å². The third kappa shape index (κ3) is 4.22. The highest BCUT2D eigenvalue weighted by atomic mass is 32.1. The zero-order chi connectivity index (χ0) is 20.6. The Morgan fingerprint density at radius 2 is 2.07 bits per heavy atom. The van der Waals surface area contributed by atoms with Crippen LogP contribution >= 0.6 is 11.3 Å². The summed E-state index contributed by atoms with van der Waals surface area (Å²) in [6.07, 6.45) is 3.45. The van der Waals surface area contributed by atoms with Gasteiger partial charge >= 0.3 is 0 Å². The van der Waals surface area contributed by atoms with Gasteiger partial charge in [-0.25, -0.2) is 4.98 Å². The van der Waals surface area contributed by atoms with E-state index < -0.39 is 0 Å². The van der Waals surface area contributed by atoms with Crippen molar-refractivity contribution in [3.05, 3.63) is 39.1 Å². The van der Waals surface area contributed by atoms with Crippen LogP contribution in [-0.4, -0.2) is 33.2 Å². The lowest BCUT2D eigenvalue weighted by Gasteiger charge is -2.30. The number of rotatable bonds is 6. The number of thiazole rings is 1. The van der Waals surface area contributed by atoms with Crippen LogP contribution in [0.1, 0.15) is 66.4 Å². The van der Waals surface area contributed by atoms with E-state index in [0.717, 1.165) is 40.5 Å². The van der Waals surface area contributed by atoms with Crippen LogP contribution < -0.4 is 0 Å². The number of fused-ring (bicyclic) bond motifs is 1. The van der Waals surface area contributed by atoms with E-state index in [0.29, 0.717) is 18.9 Å². The molecule has 152 valence electrons. The standard InChI is InChI=1S/C22H31N3O2S/c1-14(2)12-25-15(3)16(21-17(25)10-22(4,5)11-18(21)26)9-20(27)24(6)13-19-23-7-8-28-19/h7-8,14H,9-13H2,1-6H3. The van der Waals surface area contributed by atoms with Gasteiger partial charge in [0.25, 0.3) is 0 Å². The lowest BCUT2D eigenvalue weighted by Crippen LogP contribution is -2.30. The molecule has 3 rings (SSSR count). The summed E-state index contributed by atoms with van der Waals surface area (Å²) in [6.45, 7) is 12.1. The maximum absolute atomic E-state index is 13.0. The van der Waals surface area contributed by atoms with Gasteiger partial charge in [-0.15, -0.1) is 11.3 Å². The third-order valence-electron chi connectivity index (χ3n) is 5.48. The maximum Gasteiger partial charge on any atom is 0.227 e. The van der Waals surface area contributed by atoms with E-state index in [2.05, 4.69) is 44.2 Å². The average molecular weight is 402 g/mol. The summed E-state index contributed by atoms with van der Waals surface area (Å²) in [4.78, 5) is 31.9. The van der Waals surface area contributed by atoms with Crippen molar-refractivity contribution in [2.75, 3.05) is 7.05 Å². The fourth-order valence-electron chi connectivity index (χ4n) is 4.14. The number of aromatic nitrogens is 2. The van der Waals surface area contributed by atoms with Crippen LogP contribution in [0, 0.1) is 18.3 Å². The molecule has 0 fully saturated rings. The molecular weight excluding hydrogens is 370 g/mol. The minimum absolute atomic E-state index is 0.0282. The fraction of sp³-hybridized carbons (Fsp3) is 0.591. The lowest BCUT2D eigenvalue weighted by molar-refractivity contribution is -0.129. The minimum Gasteiger partial charge on any atom is -0.348 e. The van der Waals surface area contributed by atoms with Gasteiger partial charge in [0.15, 0.2) is 5.78 Å². The molecule has 0 N–H and O–H groups in total. The van der Waals surface area contributed by atoms with Crippen LogP contribution in [0.25, 0.3) is 0 Å². The Morgan fingerprint density at radius 1 is 1.36 bits per heavy atom. The van der Waals surface area contributed by atoms with Crippen molar-refractivity contribution in [1.82, 2.24) is 14.5 Å². The highest BCUT2D eigenvalue weighted by Crippen LogP contribution is 2.39. The Kier molecular flexibility index (Phi) is 5.80. The highest BCUT2D eigenvalue weighted by Gasteiger charge is 2.37. The van der Waals surface area contributed by atoms with Gasteiger partial charge in [-0.3, -0.25) is 9.59 Å². The smallest absolute Gasteiger partial charge is 0.227 e. The second-order valence-corrected chi connectivity index (χ2v) is 10.2. The number of Topliss-reactive ketones (excluding diaryl/α,β-unsaturated/α-hetero) is 1. The molecule has 0 aliphatic heterocycles. The number of ketones is 1. The number of hydrogen-bond donors (Lipinski definition) is 0. The normalized spacial score (nSPS) is 15.8. The van der Waals surface area contributed by atoms with E-state index in [1.165, 1.54) is 0 Å². The van der Waals surface area contributed by atoms with Crippen LogP contribution in [0.4, 0.5) is 0 Å². The monoisotopic (exact) mass is 401 g/mol. The molecule has 28 heavy (non-hydrogen) atoms. The summed E-state index contributed by atoms with van der Waals surface area (Å²) in [6, 6.07) is 0. The van der Waals surface area contributed by atoms with Crippen molar-refractivity contribution < 1.29 is 9.59 Å². The van der Waals surface area contributed by atoms with Crippen molar-refractivity contribution in [2.45, 2.75) is 67.0 Å². The second kappa shape index (κ2) is 7.82. The molecule has 2 aromatic rings. The number of carbonyl (C=O) groups excluding carboxylic acids is 2. The van der Waals surface area contributed by atoms with Gasteiger partial charge in [0.05, 0.1) is 13.0 Å². The van der Waals surface area contributed by atoms with E-state index in [1.807, 2.05) is 12.4 Å². The van der Waals surface area contributed by atoms with E-state index in [9.17, 15) is 9.59 Å². The molecule has 0 saturated heterocycles. The van der Waals surface area contributed by atoms with Gasteiger partial charge < -0.3 is 9.47 Å². The number of hydrogen-bond acceptors (Lipinski definition) is 4. The fourth-order valence-corrected chi connectivity index (χ4v) is 4.81. The number of amides is 1. The zero-order valence-corrected chi connectivity index (χ0v) is 18.7. The predicted octanol–water partition coefficient (Wildman–Crippen LogP) is 4.27. The molecule has 0 radical (unpaired) electrons. The SMILES string of the molecule is Cc1c(CC(=O)N(C)Cc2nccs2)c2c(n1CC(C)C)CC(C)(C)CC2=O. The van der Waals surface area contributed by atoms with Crippen molar-refractivity contribution in [1.29, 1.82) is 0 Å². The molecule has 6 heteroatoms. The van der Waals surface area contributed by atoms with E-state index in [1.54, 1.807) is 22.4 Å². The Balaban J connectivity index is 1.93. The molecule has 2 heterocycles. The summed E-state index contributed by atoms with van der Waals surface area (Å²) in [7, 11) is 1.81. The van der Waals surface area contributed by atoms with Gasteiger partial charge in [0, 0.05) is 48.5 Å². The van der Waals surface area contributed by atoms with Crippen molar-refractivity contribution in [3.63, 3.8) is 0 Å². The van der Waals surface area contributed by atoms with Crippen LogP contribution in [0.5, 0.6) is 0 Å². The molecule has 0 bridgehead atoms. The Labute approximate surface area is 171 Å². The number of carbonyl (C=O) groups is 2. The molecule has 1 amide bonds. The maximum atomic E-state index is 13.0. The summed E-state index contributed by atoms with van der Waals surface area (Å²) < 4.78 is 2.29. The molecule has 0 saturated carbocycles. The van der Waals surface area contributed by atoms with E-state index in [4.69, 9.17) is 0 Å². The van der Waals surface area contributed by atoms with Gasteiger partial charge in [0.1, 0.15) is 5.01 Å². The van der Waals surface area contributed by atoms with Gasteiger partial charge in [0.2, 0.25) is 5.91 Å². The second-order valence-electron chi connectivity index (χ2n) is 9.18. The largest absolute Gasteiger partial charge is 0.348 e. The Morgan fingerprint density at radius 3 is 2.68 bits per heavy atom. The Bertz CT molecular complexity index is 878.